The lowest BCUT2D eigenvalue weighted by atomic mass is 10.0. The Morgan fingerprint density at radius 3 is 2.24 bits per heavy atom. The molecule has 3 rings (SSSR count). The first-order chi connectivity index (χ1) is 21.1. The highest BCUT2D eigenvalue weighted by Crippen LogP contribution is 2.37. The number of amides is 1. The van der Waals surface area contributed by atoms with E-state index in [2.05, 4.69) is 6.92 Å². The number of carbonyl (C=O) groups is 3. The van der Waals surface area contributed by atoms with Crippen LogP contribution in [-0.2, 0) is 31.7 Å². The fourth-order valence-electron chi connectivity index (χ4n) is 3.79. The van der Waals surface area contributed by atoms with Gasteiger partial charge in [-0.05, 0) is 74.7 Å². The van der Waals surface area contributed by atoms with E-state index in [1.54, 1.807) is 4.90 Å². The Morgan fingerprint density at radius 1 is 1.00 bits per heavy atom. The molecule has 0 fully saturated rings. The van der Waals surface area contributed by atoms with E-state index < -0.39 is 29.8 Å². The highest BCUT2D eigenvalue weighted by molar-refractivity contribution is 6.33. The number of benzene rings is 3. The topological polar surface area (TPSA) is 102 Å². The molecule has 0 spiro atoms. The van der Waals surface area contributed by atoms with E-state index in [1.165, 1.54) is 12.1 Å². The van der Waals surface area contributed by atoms with E-state index in [4.69, 9.17) is 54.1 Å². The van der Waals surface area contributed by atoms with Crippen molar-refractivity contribution in [3.63, 3.8) is 0 Å². The molecule has 0 aliphatic heterocycles. The maximum atomic E-state index is 12.7. The van der Waals surface area contributed by atoms with Crippen molar-refractivity contribution in [2.45, 2.75) is 46.4 Å². The fourth-order valence-corrected chi connectivity index (χ4v) is 4.35. The molecule has 14 heteroatoms. The molecule has 0 bridgehead atoms. The third-order valence-corrected chi connectivity index (χ3v) is 6.94. The number of ether oxygens (including phenoxy) is 3. The number of nitrogens with zero attached hydrogens (tertiary/aromatic N) is 1. The summed E-state index contributed by atoms with van der Waals surface area (Å²) in [6.45, 7) is 7.95. The molecule has 0 heterocycles. The zero-order chi connectivity index (χ0) is 33.9. The summed E-state index contributed by atoms with van der Waals surface area (Å²) in [4.78, 5) is 36.4. The molecule has 0 aliphatic carbocycles. The Hall–Kier alpha value is -3.51. The van der Waals surface area contributed by atoms with E-state index in [0.717, 1.165) is 48.4 Å². The summed E-state index contributed by atoms with van der Waals surface area (Å²) in [6.07, 6.45) is -5.09. The number of alkyl halides is 4. The average Bonchev–Trinajstić information content (AvgIpc) is 2.99. The molecule has 244 valence electrons. The third-order valence-electron chi connectivity index (χ3n) is 6.09. The minimum atomic E-state index is -4.56. The second kappa shape index (κ2) is 17.3. The van der Waals surface area contributed by atoms with Gasteiger partial charge in [0.05, 0.1) is 26.9 Å². The highest BCUT2D eigenvalue weighted by atomic mass is 35.5. The minimum Gasteiger partial charge on any atom is -0.479 e. The van der Waals surface area contributed by atoms with Crippen molar-refractivity contribution in [2.24, 2.45) is 0 Å². The van der Waals surface area contributed by atoms with Gasteiger partial charge < -0.3 is 19.3 Å². The molecule has 3 aromatic rings. The Bertz CT molecular complexity index is 1500. The zero-order valence-corrected chi connectivity index (χ0v) is 27.0. The van der Waals surface area contributed by atoms with Crippen LogP contribution in [0.2, 0.25) is 10.0 Å². The van der Waals surface area contributed by atoms with Crippen LogP contribution < -0.4 is 9.64 Å². The molecule has 3 aromatic carbocycles. The Kier molecular flexibility index (Phi) is 14.4. The van der Waals surface area contributed by atoms with Gasteiger partial charge in [0.1, 0.15) is 24.1 Å². The van der Waals surface area contributed by atoms with Gasteiger partial charge in [-0.1, -0.05) is 48.3 Å². The maximum Gasteiger partial charge on any atom is 0.416 e. The molecule has 0 saturated carbocycles. The first-order valence-corrected chi connectivity index (χ1v) is 14.7. The first kappa shape index (κ1) is 37.7. The van der Waals surface area contributed by atoms with Crippen molar-refractivity contribution < 1.29 is 46.9 Å². The lowest BCUT2D eigenvalue weighted by Crippen LogP contribution is -2.35. The van der Waals surface area contributed by atoms with Gasteiger partial charge in [-0.2, -0.15) is 13.2 Å². The smallest absolute Gasteiger partial charge is 0.416 e. The highest BCUT2D eigenvalue weighted by Gasteiger charge is 2.31. The second-order valence-electron chi connectivity index (χ2n) is 9.29. The normalized spacial score (nSPS) is 11.6. The van der Waals surface area contributed by atoms with Gasteiger partial charge in [-0.15, -0.1) is 11.6 Å². The SMILES string of the molecule is CCOCN(C(=O)CCl)c1c(C)cccc1CC.C[C@H](OC(=O)c1cc(Oc2ccc(C(F)(F)F)cc2Cl)ccc1Cl)C(=O)O. The van der Waals surface area contributed by atoms with E-state index in [0.29, 0.717) is 12.7 Å². The number of carbonyl (C=O) groups excluding carboxylic acids is 2. The van der Waals surface area contributed by atoms with Crippen LogP contribution in [0.5, 0.6) is 11.5 Å². The number of hydrogen-bond acceptors (Lipinski definition) is 6. The van der Waals surface area contributed by atoms with Crippen molar-refractivity contribution in [3.8, 4) is 11.5 Å². The van der Waals surface area contributed by atoms with Crippen molar-refractivity contribution >= 4 is 58.3 Å². The molecular formula is C31H31Cl3F3NO7. The van der Waals surface area contributed by atoms with Crippen molar-refractivity contribution in [3.05, 3.63) is 86.9 Å². The lowest BCUT2D eigenvalue weighted by Gasteiger charge is -2.25. The van der Waals surface area contributed by atoms with Crippen LogP contribution in [0.4, 0.5) is 18.9 Å². The Labute approximate surface area is 273 Å². The number of anilines is 1. The van der Waals surface area contributed by atoms with Crippen molar-refractivity contribution in [2.75, 3.05) is 24.1 Å². The largest absolute Gasteiger partial charge is 0.479 e. The first-order valence-electron chi connectivity index (χ1n) is 13.4. The molecule has 1 N–H and O–H groups in total. The van der Waals surface area contributed by atoms with Gasteiger partial charge in [0.15, 0.2) is 6.10 Å². The molecule has 0 radical (unpaired) electrons. The van der Waals surface area contributed by atoms with Crippen molar-refractivity contribution in [1.29, 1.82) is 0 Å². The maximum absolute atomic E-state index is 12.7. The van der Waals surface area contributed by atoms with Gasteiger partial charge in [-0.3, -0.25) is 9.69 Å². The van der Waals surface area contributed by atoms with E-state index >= 15 is 0 Å². The summed E-state index contributed by atoms with van der Waals surface area (Å²) in [5.74, 6) is -2.55. The number of carboxylic acids is 1. The number of esters is 1. The van der Waals surface area contributed by atoms with Crippen molar-refractivity contribution in [1.82, 2.24) is 0 Å². The standard InChI is InChI=1S/C17H11Cl2F3O5.C14H20ClNO2/c1-8(15(23)24)26-16(25)11-7-10(3-4-12(11)18)27-14-5-2-9(6-13(14)19)17(20,21)22;1-4-12-8-6-7-11(3)14(12)16(10-18-5-2)13(17)9-15/h2-8H,1H3,(H,23,24);6-8H,4-5,9-10H2,1-3H3/t8-;/m0./s1. The molecule has 0 unspecified atom stereocenters. The van der Waals surface area contributed by atoms with Crippen LogP contribution in [0.1, 0.15) is 47.8 Å². The van der Waals surface area contributed by atoms with E-state index in [1.807, 2.05) is 32.0 Å². The van der Waals surface area contributed by atoms with Crippen LogP contribution in [0.3, 0.4) is 0 Å². The van der Waals surface area contributed by atoms with Crippen LogP contribution in [-0.4, -0.2) is 48.3 Å². The average molecular weight is 693 g/mol. The van der Waals surface area contributed by atoms with Gasteiger partial charge in [-0.25, -0.2) is 9.59 Å². The number of carboxylic acid groups (broad SMARTS) is 1. The van der Waals surface area contributed by atoms with Gasteiger partial charge in [0.25, 0.3) is 0 Å². The molecule has 1 atom stereocenters. The summed E-state index contributed by atoms with van der Waals surface area (Å²) in [5, 5.41) is 8.46. The number of halogens is 6. The monoisotopic (exact) mass is 691 g/mol. The van der Waals surface area contributed by atoms with E-state index in [9.17, 15) is 27.6 Å². The summed E-state index contributed by atoms with van der Waals surface area (Å²) < 4.78 is 53.5. The number of aryl methyl sites for hydroxylation is 2. The fraction of sp³-hybridized carbons (Fsp3) is 0.323. The Morgan fingerprint density at radius 2 is 1.69 bits per heavy atom. The number of aliphatic carboxylic acids is 1. The number of rotatable bonds is 11. The molecule has 0 aromatic heterocycles. The van der Waals surface area contributed by atoms with Gasteiger partial charge >= 0.3 is 18.1 Å². The quantitative estimate of drug-likeness (QED) is 0.122. The molecule has 8 nitrogen and oxygen atoms in total. The zero-order valence-electron chi connectivity index (χ0n) is 24.7. The predicted molar refractivity (Wildman–Crippen MR) is 166 cm³/mol. The van der Waals surface area contributed by atoms with Crippen LogP contribution in [0, 0.1) is 6.92 Å². The summed E-state index contributed by atoms with van der Waals surface area (Å²) >= 11 is 17.4. The van der Waals surface area contributed by atoms with Crippen LogP contribution in [0.15, 0.2) is 54.6 Å². The Balaban J connectivity index is 0.000000341. The molecule has 0 aliphatic rings. The molecule has 0 saturated heterocycles. The van der Waals surface area contributed by atoms with Gasteiger partial charge in [0.2, 0.25) is 5.91 Å². The summed E-state index contributed by atoms with van der Waals surface area (Å²) in [7, 11) is 0. The molecular weight excluding hydrogens is 662 g/mol. The van der Waals surface area contributed by atoms with Crippen LogP contribution in [0.25, 0.3) is 0 Å². The third kappa shape index (κ3) is 10.8. The lowest BCUT2D eigenvalue weighted by molar-refractivity contribution is -0.146. The molecule has 1 amide bonds. The molecule has 45 heavy (non-hydrogen) atoms. The number of hydrogen-bond donors (Lipinski definition) is 1. The van der Waals surface area contributed by atoms with E-state index in [-0.39, 0.29) is 45.6 Å². The minimum absolute atomic E-state index is 0.0246. The second-order valence-corrected chi connectivity index (χ2v) is 10.4. The summed E-state index contributed by atoms with van der Waals surface area (Å²) in [5.41, 5.74) is 2.01. The van der Waals surface area contributed by atoms with Gasteiger partial charge in [0, 0.05) is 6.61 Å². The number of para-hydroxylation sites is 1. The summed E-state index contributed by atoms with van der Waals surface area (Å²) in [6, 6.07) is 12.4. The predicted octanol–water partition coefficient (Wildman–Crippen LogP) is 8.56. The van der Waals surface area contributed by atoms with Crippen LogP contribution >= 0.6 is 34.8 Å².